The number of likely N-dealkylation sites (tertiary alicyclic amines) is 1. The summed E-state index contributed by atoms with van der Waals surface area (Å²) in [5, 5.41) is 18.0. The van der Waals surface area contributed by atoms with E-state index in [0.717, 1.165) is 36.3 Å². The highest BCUT2D eigenvalue weighted by atomic mass is 16.3. The van der Waals surface area contributed by atoms with E-state index in [0.29, 0.717) is 5.78 Å². The first-order chi connectivity index (χ1) is 17.5. The highest BCUT2D eigenvalue weighted by Gasteiger charge is 2.46. The molecule has 3 aliphatic heterocycles. The van der Waals surface area contributed by atoms with Crippen LogP contribution in [0.1, 0.15) is 64.4 Å². The lowest BCUT2D eigenvalue weighted by Gasteiger charge is -2.57. The van der Waals surface area contributed by atoms with Crippen molar-refractivity contribution in [3.05, 3.63) is 24.3 Å². The Morgan fingerprint density at radius 3 is 2.61 bits per heavy atom. The molecule has 2 aromatic rings. The van der Waals surface area contributed by atoms with E-state index in [9.17, 15) is 0 Å². The number of piperidine rings is 3. The molecule has 36 heavy (non-hydrogen) atoms. The van der Waals surface area contributed by atoms with Crippen LogP contribution < -0.4 is 0 Å². The van der Waals surface area contributed by atoms with Gasteiger partial charge in [-0.05, 0) is 81.4 Å². The van der Waals surface area contributed by atoms with Gasteiger partial charge in [0.05, 0.1) is 0 Å². The number of nitrogens with zero attached hydrogens (tertiary/aromatic N) is 6. The molecule has 200 valence electrons. The highest BCUT2D eigenvalue weighted by Crippen LogP contribution is 2.42. The van der Waals surface area contributed by atoms with Gasteiger partial charge in [-0.3, -0.25) is 14.5 Å². The number of aryl methyl sites for hydroxylation is 1. The van der Waals surface area contributed by atoms with E-state index in [4.69, 9.17) is 19.8 Å². The zero-order valence-corrected chi connectivity index (χ0v) is 21.7. The molecular formula is C26H42N6O4. The third kappa shape index (κ3) is 7.46. The fraction of sp³-hybridized carbons (Fsp3) is 0.731. The molecule has 5 rings (SSSR count). The maximum absolute atomic E-state index is 8.36. The maximum atomic E-state index is 8.36. The molecule has 0 unspecified atom stereocenters. The summed E-state index contributed by atoms with van der Waals surface area (Å²) in [6.45, 7) is 9.47. The van der Waals surface area contributed by atoms with E-state index < -0.39 is 0 Å². The van der Waals surface area contributed by atoms with Crippen LogP contribution in [0.4, 0.5) is 0 Å². The maximum Gasteiger partial charge on any atom is 0.290 e. The number of hydrogen-bond donors (Lipinski definition) is 2. The zero-order valence-electron chi connectivity index (χ0n) is 21.7. The van der Waals surface area contributed by atoms with Crippen LogP contribution >= 0.6 is 0 Å². The second-order valence-electron chi connectivity index (χ2n) is 10.6. The lowest BCUT2D eigenvalue weighted by atomic mass is 9.71. The van der Waals surface area contributed by atoms with Crippen molar-refractivity contribution in [1.82, 2.24) is 29.4 Å². The minimum Gasteiger partial charge on any atom is -0.483 e. The monoisotopic (exact) mass is 502 g/mol. The normalized spacial score (nSPS) is 25.8. The molecule has 4 atom stereocenters. The SMILES string of the molecule is CC(C)CC[C@H]1[C@H]2C[C@H](CN(CCCc3cnc4ncnn4c3)C2)[C@@H]2CCCCN21.O=CO.O=CO. The Morgan fingerprint density at radius 2 is 1.86 bits per heavy atom. The number of carbonyl (C=O) groups is 2. The van der Waals surface area contributed by atoms with Gasteiger partial charge in [-0.25, -0.2) is 9.50 Å². The first-order valence-corrected chi connectivity index (χ1v) is 13.3. The first-order valence-electron chi connectivity index (χ1n) is 13.3. The van der Waals surface area contributed by atoms with Gasteiger partial charge < -0.3 is 15.1 Å². The van der Waals surface area contributed by atoms with Gasteiger partial charge in [0.15, 0.2) is 0 Å². The number of carboxylic acid groups (broad SMARTS) is 2. The molecule has 0 spiro atoms. The van der Waals surface area contributed by atoms with Gasteiger partial charge in [0.1, 0.15) is 6.33 Å². The molecule has 0 aromatic carbocycles. The fourth-order valence-electron chi connectivity index (χ4n) is 6.48. The number of hydrogen-bond acceptors (Lipinski definition) is 7. The molecule has 10 heteroatoms. The van der Waals surface area contributed by atoms with E-state index in [1.165, 1.54) is 76.7 Å². The second kappa shape index (κ2) is 14.2. The Kier molecular flexibility index (Phi) is 11.1. The van der Waals surface area contributed by atoms with Gasteiger partial charge in [0.2, 0.25) is 0 Å². The number of fused-ring (bicyclic) bond motifs is 5. The molecule has 5 heterocycles. The first kappa shape index (κ1) is 28.0. The van der Waals surface area contributed by atoms with E-state index in [1.807, 2.05) is 6.20 Å². The van der Waals surface area contributed by atoms with Gasteiger partial charge >= 0.3 is 0 Å². The molecular weight excluding hydrogens is 460 g/mol. The molecule has 0 amide bonds. The Labute approximate surface area is 213 Å². The van der Waals surface area contributed by atoms with Crippen LogP contribution in [0.25, 0.3) is 5.78 Å². The summed E-state index contributed by atoms with van der Waals surface area (Å²) in [6.07, 6.45) is 16.5. The Bertz CT molecular complexity index is 932. The predicted octanol–water partition coefficient (Wildman–Crippen LogP) is 3.07. The summed E-state index contributed by atoms with van der Waals surface area (Å²) in [7, 11) is 0. The van der Waals surface area contributed by atoms with Crippen molar-refractivity contribution in [2.24, 2.45) is 17.8 Å². The summed E-state index contributed by atoms with van der Waals surface area (Å²) in [6, 6.07) is 1.68. The lowest BCUT2D eigenvalue weighted by molar-refractivity contribution is -0.123. The minimum atomic E-state index is -0.250. The van der Waals surface area contributed by atoms with Crippen molar-refractivity contribution in [2.75, 3.05) is 26.2 Å². The standard InChI is InChI=1S/C24H38N6.2CH2O2/c1-18(2)8-9-23-21-12-20(22-7-3-4-11-29(22)23)15-28(16-21)10-5-6-19-13-25-24-26-17-27-30(24)14-19;2*2-1-3/h13-14,17-18,20-23H,3-12,15-16H2,1-2H3;2*1H,(H,2,3)/t20-,21+,22+,23+;;/m1../s1. The molecule has 0 aliphatic carbocycles. The van der Waals surface area contributed by atoms with Crippen molar-refractivity contribution in [3.8, 4) is 0 Å². The lowest BCUT2D eigenvalue weighted by Crippen LogP contribution is -2.63. The summed E-state index contributed by atoms with van der Waals surface area (Å²) in [5.41, 5.74) is 1.26. The fourth-order valence-corrected chi connectivity index (χ4v) is 6.48. The Morgan fingerprint density at radius 1 is 1.11 bits per heavy atom. The van der Waals surface area contributed by atoms with E-state index in [-0.39, 0.29) is 12.9 Å². The minimum absolute atomic E-state index is 0.250. The highest BCUT2D eigenvalue weighted by molar-refractivity contribution is 5.33. The van der Waals surface area contributed by atoms with Crippen LogP contribution in [0, 0.1) is 17.8 Å². The Balaban J connectivity index is 0.000000550. The van der Waals surface area contributed by atoms with Crippen LogP contribution in [-0.4, -0.2) is 90.8 Å². The molecule has 10 nitrogen and oxygen atoms in total. The molecule has 2 bridgehead atoms. The number of rotatable bonds is 7. The van der Waals surface area contributed by atoms with Crippen LogP contribution in [0.5, 0.6) is 0 Å². The van der Waals surface area contributed by atoms with Crippen LogP contribution in [-0.2, 0) is 16.0 Å². The van der Waals surface area contributed by atoms with Gasteiger partial charge in [-0.2, -0.15) is 10.1 Å². The topological polar surface area (TPSA) is 124 Å². The molecule has 2 aromatic heterocycles. The second-order valence-corrected chi connectivity index (χ2v) is 10.6. The molecule has 3 saturated heterocycles. The smallest absolute Gasteiger partial charge is 0.290 e. The summed E-state index contributed by atoms with van der Waals surface area (Å²) < 4.78 is 1.79. The van der Waals surface area contributed by atoms with Gasteiger partial charge in [-0.1, -0.05) is 20.3 Å². The number of aromatic nitrogens is 4. The van der Waals surface area contributed by atoms with Crippen molar-refractivity contribution >= 4 is 18.7 Å². The van der Waals surface area contributed by atoms with Crippen molar-refractivity contribution in [1.29, 1.82) is 0 Å². The van der Waals surface area contributed by atoms with Crippen molar-refractivity contribution in [2.45, 2.75) is 77.3 Å². The summed E-state index contributed by atoms with van der Waals surface area (Å²) in [5.74, 6) is 3.28. The van der Waals surface area contributed by atoms with Crippen LogP contribution in [0.15, 0.2) is 18.7 Å². The van der Waals surface area contributed by atoms with Crippen LogP contribution in [0.2, 0.25) is 0 Å². The largest absolute Gasteiger partial charge is 0.483 e. The molecule has 3 aliphatic rings. The molecule has 0 saturated carbocycles. The average Bonchev–Trinajstić information content (AvgIpc) is 3.33. The van der Waals surface area contributed by atoms with Crippen molar-refractivity contribution in [3.63, 3.8) is 0 Å². The Hall–Kier alpha value is -2.59. The third-order valence-corrected chi connectivity index (χ3v) is 7.87. The van der Waals surface area contributed by atoms with Gasteiger partial charge in [-0.15, -0.1) is 0 Å². The van der Waals surface area contributed by atoms with E-state index in [1.54, 1.807) is 10.8 Å². The third-order valence-electron chi connectivity index (χ3n) is 7.87. The molecule has 2 N–H and O–H groups in total. The van der Waals surface area contributed by atoms with Crippen LogP contribution in [0.3, 0.4) is 0 Å². The predicted molar refractivity (Wildman–Crippen MR) is 137 cm³/mol. The van der Waals surface area contributed by atoms with E-state index in [2.05, 4.69) is 44.9 Å². The summed E-state index contributed by atoms with van der Waals surface area (Å²) in [4.78, 5) is 31.0. The summed E-state index contributed by atoms with van der Waals surface area (Å²) >= 11 is 0. The molecule has 0 radical (unpaired) electrons. The molecule has 3 fully saturated rings. The van der Waals surface area contributed by atoms with Gasteiger partial charge in [0, 0.05) is 37.6 Å². The average molecular weight is 503 g/mol. The zero-order chi connectivity index (χ0) is 25.9. The quantitative estimate of drug-likeness (QED) is 0.550. The van der Waals surface area contributed by atoms with Gasteiger partial charge in [0.25, 0.3) is 18.7 Å². The van der Waals surface area contributed by atoms with Crippen molar-refractivity contribution < 1.29 is 19.8 Å². The van der Waals surface area contributed by atoms with E-state index >= 15 is 0 Å².